The molecule has 31 heavy (non-hydrogen) atoms. The van der Waals surface area contributed by atoms with Gasteiger partial charge in [0.15, 0.2) is 0 Å². The highest BCUT2D eigenvalue weighted by Gasteiger charge is 2.45. The third-order valence-corrected chi connectivity index (χ3v) is 5.07. The van der Waals surface area contributed by atoms with Crippen LogP contribution >= 0.6 is 0 Å². The van der Waals surface area contributed by atoms with E-state index in [1.54, 1.807) is 23.2 Å². The highest BCUT2D eigenvalue weighted by Crippen LogP contribution is 2.33. The molecule has 0 unspecified atom stereocenters. The second kappa shape index (κ2) is 9.31. The van der Waals surface area contributed by atoms with Crippen molar-refractivity contribution in [1.29, 1.82) is 0 Å². The maximum atomic E-state index is 13.4. The van der Waals surface area contributed by atoms with Gasteiger partial charge >= 0.3 is 12.1 Å². The first kappa shape index (κ1) is 22.5. The van der Waals surface area contributed by atoms with Crippen LogP contribution in [0.2, 0.25) is 0 Å². The van der Waals surface area contributed by atoms with Gasteiger partial charge < -0.3 is 15.2 Å². The van der Waals surface area contributed by atoms with Gasteiger partial charge in [-0.25, -0.2) is 14.6 Å². The molecule has 0 radical (unpaired) electrons. The number of amides is 1. The molecule has 1 atom stereocenters. The molecule has 0 spiro atoms. The fraction of sp³-hybridized carbons (Fsp3) is 0.375. The van der Waals surface area contributed by atoms with Crippen LogP contribution in [-0.4, -0.2) is 46.4 Å². The monoisotopic (exact) mass is 423 g/mol. The number of hydrogen-bond donors (Lipinski definition) is 2. The molecule has 1 aliphatic rings. The minimum absolute atomic E-state index is 0.451. The van der Waals surface area contributed by atoms with Crippen LogP contribution in [0.4, 0.5) is 10.6 Å². The second-order valence-corrected chi connectivity index (χ2v) is 8.75. The van der Waals surface area contributed by atoms with Crippen LogP contribution in [-0.2, 0) is 16.0 Å². The Morgan fingerprint density at radius 2 is 1.97 bits per heavy atom. The second-order valence-electron chi connectivity index (χ2n) is 8.75. The number of ether oxygens (including phenoxy) is 1. The Labute approximate surface area is 182 Å². The number of carboxylic acids is 1. The molecule has 3 rings (SSSR count). The van der Waals surface area contributed by atoms with Crippen molar-refractivity contribution in [3.63, 3.8) is 0 Å². The maximum absolute atomic E-state index is 13.4. The average molecular weight is 424 g/mol. The number of aromatic nitrogens is 1. The normalized spacial score (nSPS) is 18.8. The van der Waals surface area contributed by atoms with Gasteiger partial charge in [-0.3, -0.25) is 4.90 Å². The van der Waals surface area contributed by atoms with Gasteiger partial charge in [0.25, 0.3) is 0 Å². The molecule has 0 aliphatic carbocycles. The number of carbonyl (C=O) groups is 2. The van der Waals surface area contributed by atoms with Crippen LogP contribution in [0.25, 0.3) is 6.08 Å². The first-order valence-electron chi connectivity index (χ1n) is 10.3. The van der Waals surface area contributed by atoms with Gasteiger partial charge in [-0.05, 0) is 69.5 Å². The summed E-state index contributed by atoms with van der Waals surface area (Å²) in [6.07, 6.45) is 5.04. The summed E-state index contributed by atoms with van der Waals surface area (Å²) in [6.45, 7) is 6.92. The van der Waals surface area contributed by atoms with Crippen LogP contribution in [0.1, 0.15) is 38.3 Å². The average Bonchev–Trinajstić information content (AvgIpc) is 3.15. The quantitative estimate of drug-likeness (QED) is 0.685. The standard InChI is InChI=1S/C24H29N3O4/c1-23(2,3)31-22(30)27(20-11-9-19(16-26-20)10-12-21(28)29)24(13-14-25-17-24)15-18-7-5-4-6-8-18/h4-12,16,25H,13-15,17H2,1-3H3,(H,28,29)/b12-10+/t24-/m0/s1. The lowest BCUT2D eigenvalue weighted by molar-refractivity contribution is -0.131. The maximum Gasteiger partial charge on any atom is 0.416 e. The number of nitrogens with one attached hydrogen (secondary N) is 1. The largest absolute Gasteiger partial charge is 0.478 e. The number of pyridine rings is 1. The molecule has 1 amide bonds. The molecule has 164 valence electrons. The Kier molecular flexibility index (Phi) is 6.75. The fourth-order valence-corrected chi connectivity index (χ4v) is 3.76. The molecular weight excluding hydrogens is 394 g/mol. The molecular formula is C24H29N3O4. The number of hydrogen-bond acceptors (Lipinski definition) is 5. The predicted molar refractivity (Wildman–Crippen MR) is 120 cm³/mol. The van der Waals surface area contributed by atoms with E-state index in [2.05, 4.69) is 22.4 Å². The van der Waals surface area contributed by atoms with Crippen molar-refractivity contribution in [3.05, 3.63) is 65.9 Å². The minimum atomic E-state index is -1.03. The molecule has 2 heterocycles. The van der Waals surface area contributed by atoms with Crippen LogP contribution in [0.5, 0.6) is 0 Å². The van der Waals surface area contributed by atoms with Gasteiger partial charge in [-0.15, -0.1) is 0 Å². The van der Waals surface area contributed by atoms with E-state index in [0.717, 1.165) is 24.6 Å². The number of carbonyl (C=O) groups excluding carboxylic acids is 1. The summed E-state index contributed by atoms with van der Waals surface area (Å²) < 4.78 is 5.77. The molecule has 2 aromatic rings. The van der Waals surface area contributed by atoms with Gasteiger partial charge in [-0.1, -0.05) is 30.3 Å². The lowest BCUT2D eigenvalue weighted by Crippen LogP contribution is -2.56. The van der Waals surface area contributed by atoms with E-state index in [1.807, 2.05) is 39.0 Å². The molecule has 7 nitrogen and oxygen atoms in total. The van der Waals surface area contributed by atoms with Gasteiger partial charge in [0.1, 0.15) is 11.4 Å². The Hall–Kier alpha value is -3.19. The predicted octanol–water partition coefficient (Wildman–Crippen LogP) is 3.90. The molecule has 7 heteroatoms. The van der Waals surface area contributed by atoms with E-state index in [1.165, 1.54) is 6.08 Å². The zero-order chi connectivity index (χ0) is 22.5. The number of benzene rings is 1. The number of aliphatic carboxylic acids is 1. The van der Waals surface area contributed by atoms with Crippen molar-refractivity contribution in [2.75, 3.05) is 18.0 Å². The third-order valence-electron chi connectivity index (χ3n) is 5.07. The Balaban J connectivity index is 2.00. The number of anilines is 1. The summed E-state index contributed by atoms with van der Waals surface area (Å²) in [4.78, 5) is 30.3. The van der Waals surface area contributed by atoms with E-state index in [4.69, 9.17) is 9.84 Å². The van der Waals surface area contributed by atoms with Gasteiger partial charge in [0, 0.05) is 18.8 Å². The van der Waals surface area contributed by atoms with Crippen molar-refractivity contribution in [2.24, 2.45) is 0 Å². The molecule has 1 aromatic heterocycles. The molecule has 1 fully saturated rings. The van der Waals surface area contributed by atoms with Crippen molar-refractivity contribution in [1.82, 2.24) is 10.3 Å². The number of carboxylic acid groups (broad SMARTS) is 1. The Bertz CT molecular complexity index is 928. The SMILES string of the molecule is CC(C)(C)OC(=O)N(c1ccc(/C=C/C(=O)O)cn1)[C@]1(Cc2ccccc2)CCNC1. The summed E-state index contributed by atoms with van der Waals surface area (Å²) in [5, 5.41) is 12.2. The van der Waals surface area contributed by atoms with Crippen molar-refractivity contribution in [2.45, 2.75) is 44.8 Å². The molecule has 1 saturated heterocycles. The van der Waals surface area contributed by atoms with E-state index in [-0.39, 0.29) is 0 Å². The van der Waals surface area contributed by atoms with Crippen LogP contribution in [0.15, 0.2) is 54.7 Å². The lowest BCUT2D eigenvalue weighted by atomic mass is 9.88. The third kappa shape index (κ3) is 5.92. The topological polar surface area (TPSA) is 91.8 Å². The van der Waals surface area contributed by atoms with Gasteiger partial charge in [0.2, 0.25) is 0 Å². The van der Waals surface area contributed by atoms with Crippen LogP contribution in [0.3, 0.4) is 0 Å². The summed E-state index contributed by atoms with van der Waals surface area (Å²) >= 11 is 0. The molecule has 1 aromatic carbocycles. The van der Waals surface area contributed by atoms with E-state index < -0.39 is 23.2 Å². The summed E-state index contributed by atoms with van der Waals surface area (Å²) in [6, 6.07) is 13.5. The first-order chi connectivity index (χ1) is 14.7. The summed E-state index contributed by atoms with van der Waals surface area (Å²) in [5.74, 6) is -0.556. The van der Waals surface area contributed by atoms with Gasteiger partial charge in [-0.2, -0.15) is 0 Å². The zero-order valence-corrected chi connectivity index (χ0v) is 18.2. The van der Waals surface area contributed by atoms with Crippen molar-refractivity contribution in [3.8, 4) is 0 Å². The lowest BCUT2D eigenvalue weighted by Gasteiger charge is -2.40. The Morgan fingerprint density at radius 3 is 2.52 bits per heavy atom. The van der Waals surface area contributed by atoms with E-state index >= 15 is 0 Å². The molecule has 1 aliphatic heterocycles. The van der Waals surface area contributed by atoms with Crippen LogP contribution in [0, 0.1) is 0 Å². The van der Waals surface area contributed by atoms with Crippen molar-refractivity contribution < 1.29 is 19.4 Å². The minimum Gasteiger partial charge on any atom is -0.478 e. The smallest absolute Gasteiger partial charge is 0.416 e. The van der Waals surface area contributed by atoms with Crippen molar-refractivity contribution >= 4 is 24.0 Å². The fourth-order valence-electron chi connectivity index (χ4n) is 3.76. The van der Waals surface area contributed by atoms with Crippen LogP contribution < -0.4 is 10.2 Å². The number of nitrogens with zero attached hydrogens (tertiary/aromatic N) is 2. The Morgan fingerprint density at radius 1 is 1.23 bits per heavy atom. The van der Waals surface area contributed by atoms with Gasteiger partial charge in [0.05, 0.1) is 5.54 Å². The zero-order valence-electron chi connectivity index (χ0n) is 18.2. The highest BCUT2D eigenvalue weighted by atomic mass is 16.6. The van der Waals surface area contributed by atoms with E-state index in [9.17, 15) is 9.59 Å². The highest BCUT2D eigenvalue weighted by molar-refractivity contribution is 5.89. The molecule has 0 bridgehead atoms. The van der Waals surface area contributed by atoms with E-state index in [0.29, 0.717) is 24.3 Å². The molecule has 0 saturated carbocycles. The number of rotatable bonds is 6. The summed E-state index contributed by atoms with van der Waals surface area (Å²) in [7, 11) is 0. The first-order valence-corrected chi connectivity index (χ1v) is 10.3. The summed E-state index contributed by atoms with van der Waals surface area (Å²) in [5.41, 5.74) is 0.576. The molecule has 2 N–H and O–H groups in total.